The predicted molar refractivity (Wildman–Crippen MR) is 48.4 cm³/mol. The molecule has 12 heavy (non-hydrogen) atoms. The number of halogens is 1. The van der Waals surface area contributed by atoms with Crippen LogP contribution in [-0.2, 0) is 4.79 Å². The summed E-state index contributed by atoms with van der Waals surface area (Å²) in [6.07, 6.45) is 7.09. The molecule has 0 atom stereocenters. The zero-order valence-electron chi connectivity index (χ0n) is 6.87. The molecule has 0 spiro atoms. The van der Waals surface area contributed by atoms with Crippen LogP contribution < -0.4 is 0 Å². The third-order valence-electron chi connectivity index (χ3n) is 2.21. The molecule has 1 saturated carbocycles. The molecule has 2 nitrogen and oxygen atoms in total. The minimum atomic E-state index is -0.858. The summed E-state index contributed by atoms with van der Waals surface area (Å²) >= 11 is 5.90. The Morgan fingerprint density at radius 2 is 1.92 bits per heavy atom. The summed E-state index contributed by atoms with van der Waals surface area (Å²) in [6.45, 7) is 0. The van der Waals surface area contributed by atoms with Crippen molar-refractivity contribution in [1.29, 1.82) is 0 Å². The van der Waals surface area contributed by atoms with Crippen LogP contribution in [0.3, 0.4) is 0 Å². The summed E-state index contributed by atoms with van der Waals surface area (Å²) < 4.78 is 0. The fraction of sp³-hybridized carbons (Fsp3) is 0.667. The van der Waals surface area contributed by atoms with Crippen molar-refractivity contribution in [3.63, 3.8) is 0 Å². The molecular weight excluding hydrogens is 176 g/mol. The molecule has 0 aliphatic heterocycles. The van der Waals surface area contributed by atoms with E-state index in [1.807, 2.05) is 0 Å². The molecule has 1 fully saturated rings. The van der Waals surface area contributed by atoms with Crippen LogP contribution >= 0.6 is 11.6 Å². The lowest BCUT2D eigenvalue weighted by Crippen LogP contribution is -2.12. The first kappa shape index (κ1) is 9.59. The van der Waals surface area contributed by atoms with Crippen LogP contribution in [0.1, 0.15) is 25.7 Å². The highest BCUT2D eigenvalue weighted by atomic mass is 35.5. The fourth-order valence-electron chi connectivity index (χ4n) is 1.49. The quantitative estimate of drug-likeness (QED) is 0.534. The minimum absolute atomic E-state index is 0.305. The van der Waals surface area contributed by atoms with Crippen LogP contribution in [0.4, 0.5) is 0 Å². The van der Waals surface area contributed by atoms with Gasteiger partial charge in [-0.15, -0.1) is 11.6 Å². The van der Waals surface area contributed by atoms with Crippen LogP contribution in [0.2, 0.25) is 0 Å². The highest BCUT2D eigenvalue weighted by Gasteiger charge is 2.17. The monoisotopic (exact) mass is 188 g/mol. The molecule has 0 aromatic heterocycles. The summed E-state index contributed by atoms with van der Waals surface area (Å²) in [4.78, 5) is 10.2. The summed E-state index contributed by atoms with van der Waals surface area (Å²) in [5.41, 5.74) is 0. The average Bonchev–Trinajstić information content (AvgIpc) is 2.03. The number of carboxylic acid groups (broad SMARTS) is 1. The summed E-state index contributed by atoms with van der Waals surface area (Å²) in [7, 11) is 0. The lowest BCUT2D eigenvalue weighted by atomic mass is 9.89. The molecular formula is C9H13ClO2. The Hall–Kier alpha value is -0.500. The Morgan fingerprint density at radius 1 is 1.33 bits per heavy atom. The number of hydrogen-bond donors (Lipinski definition) is 1. The number of aliphatic carboxylic acids is 1. The Morgan fingerprint density at radius 3 is 2.42 bits per heavy atom. The van der Waals surface area contributed by atoms with Gasteiger partial charge in [0.05, 0.1) is 0 Å². The zero-order valence-corrected chi connectivity index (χ0v) is 7.63. The van der Waals surface area contributed by atoms with E-state index in [1.54, 1.807) is 6.08 Å². The first-order valence-corrected chi connectivity index (χ1v) is 4.67. The normalized spacial score (nSPS) is 30.8. The van der Waals surface area contributed by atoms with Gasteiger partial charge in [-0.2, -0.15) is 0 Å². The van der Waals surface area contributed by atoms with Gasteiger partial charge >= 0.3 is 5.97 Å². The van der Waals surface area contributed by atoms with Crippen molar-refractivity contribution >= 4 is 17.6 Å². The minimum Gasteiger partial charge on any atom is -0.478 e. The van der Waals surface area contributed by atoms with E-state index < -0.39 is 5.97 Å². The summed E-state index contributed by atoms with van der Waals surface area (Å²) in [5, 5.41) is 8.69. The molecule has 0 bridgehead atoms. The molecule has 1 aliphatic carbocycles. The van der Waals surface area contributed by atoms with Crippen molar-refractivity contribution in [2.24, 2.45) is 5.92 Å². The van der Waals surface area contributed by atoms with Crippen molar-refractivity contribution in [2.75, 3.05) is 0 Å². The van der Waals surface area contributed by atoms with Gasteiger partial charge in [0, 0.05) is 11.5 Å². The maximum absolute atomic E-state index is 10.2. The number of carboxylic acids is 1. The first-order chi connectivity index (χ1) is 5.68. The Labute approximate surface area is 77.2 Å². The topological polar surface area (TPSA) is 37.3 Å². The molecule has 1 rings (SSSR count). The van der Waals surface area contributed by atoms with Gasteiger partial charge < -0.3 is 5.11 Å². The molecule has 0 unspecified atom stereocenters. The molecule has 1 N–H and O–H groups in total. The van der Waals surface area contributed by atoms with Crippen LogP contribution in [0.5, 0.6) is 0 Å². The molecule has 0 aromatic rings. The molecule has 0 radical (unpaired) electrons. The van der Waals surface area contributed by atoms with Gasteiger partial charge in [-0.25, -0.2) is 4.79 Å². The number of carbonyl (C=O) groups is 1. The molecule has 0 amide bonds. The van der Waals surface area contributed by atoms with E-state index in [2.05, 4.69) is 0 Å². The van der Waals surface area contributed by atoms with E-state index in [-0.39, 0.29) is 0 Å². The maximum Gasteiger partial charge on any atom is 0.327 e. The van der Waals surface area contributed by atoms with Crippen LogP contribution in [-0.4, -0.2) is 16.5 Å². The third-order valence-corrected chi connectivity index (χ3v) is 2.65. The van der Waals surface area contributed by atoms with E-state index >= 15 is 0 Å². The van der Waals surface area contributed by atoms with Gasteiger partial charge in [0.2, 0.25) is 0 Å². The Balaban J connectivity index is 2.30. The van der Waals surface area contributed by atoms with Crippen LogP contribution in [0.15, 0.2) is 12.2 Å². The van der Waals surface area contributed by atoms with Crippen molar-refractivity contribution in [2.45, 2.75) is 31.1 Å². The second-order valence-electron chi connectivity index (χ2n) is 3.21. The van der Waals surface area contributed by atoms with Gasteiger partial charge in [0.15, 0.2) is 0 Å². The molecule has 0 heterocycles. The number of allylic oxidation sites excluding steroid dienone is 1. The molecule has 3 heteroatoms. The first-order valence-electron chi connectivity index (χ1n) is 4.23. The highest BCUT2D eigenvalue weighted by Crippen LogP contribution is 2.28. The number of hydrogen-bond acceptors (Lipinski definition) is 1. The van der Waals surface area contributed by atoms with E-state index in [9.17, 15) is 4.79 Å². The standard InChI is InChI=1S/C9H13ClO2/c10-8-4-1-7(2-5-8)3-6-9(11)12/h3,6-8H,1-2,4-5H2,(H,11,12). The van der Waals surface area contributed by atoms with E-state index in [0.717, 1.165) is 25.7 Å². The van der Waals surface area contributed by atoms with Crippen molar-refractivity contribution in [3.8, 4) is 0 Å². The van der Waals surface area contributed by atoms with Crippen LogP contribution in [0, 0.1) is 5.92 Å². The van der Waals surface area contributed by atoms with Crippen molar-refractivity contribution < 1.29 is 9.90 Å². The SMILES string of the molecule is O=C(O)C=CC1CCC(Cl)CC1. The number of rotatable bonds is 2. The fourth-order valence-corrected chi connectivity index (χ4v) is 1.74. The molecule has 68 valence electrons. The second kappa shape index (κ2) is 4.51. The lowest BCUT2D eigenvalue weighted by molar-refractivity contribution is -0.131. The average molecular weight is 189 g/mol. The molecule has 0 saturated heterocycles. The Kier molecular flexibility index (Phi) is 3.60. The largest absolute Gasteiger partial charge is 0.478 e. The van der Waals surface area contributed by atoms with Gasteiger partial charge in [0.25, 0.3) is 0 Å². The molecule has 0 aromatic carbocycles. The maximum atomic E-state index is 10.2. The zero-order chi connectivity index (χ0) is 8.97. The number of alkyl halides is 1. The van der Waals surface area contributed by atoms with E-state index in [1.165, 1.54) is 6.08 Å². The third kappa shape index (κ3) is 3.26. The van der Waals surface area contributed by atoms with E-state index in [0.29, 0.717) is 11.3 Å². The van der Waals surface area contributed by atoms with Gasteiger partial charge in [-0.3, -0.25) is 0 Å². The van der Waals surface area contributed by atoms with Crippen molar-refractivity contribution in [1.82, 2.24) is 0 Å². The van der Waals surface area contributed by atoms with Gasteiger partial charge in [-0.05, 0) is 31.6 Å². The Bertz CT molecular complexity index is 181. The second-order valence-corrected chi connectivity index (χ2v) is 3.83. The summed E-state index contributed by atoms with van der Waals surface area (Å²) in [5.74, 6) is -0.431. The van der Waals surface area contributed by atoms with Crippen LogP contribution in [0.25, 0.3) is 0 Å². The smallest absolute Gasteiger partial charge is 0.327 e. The van der Waals surface area contributed by atoms with Crippen molar-refractivity contribution in [3.05, 3.63) is 12.2 Å². The van der Waals surface area contributed by atoms with Gasteiger partial charge in [0.1, 0.15) is 0 Å². The lowest BCUT2D eigenvalue weighted by Gasteiger charge is -2.21. The predicted octanol–water partition coefficient (Wildman–Crippen LogP) is 2.42. The van der Waals surface area contributed by atoms with Gasteiger partial charge in [-0.1, -0.05) is 6.08 Å². The highest BCUT2D eigenvalue weighted by molar-refractivity contribution is 6.20. The van der Waals surface area contributed by atoms with E-state index in [4.69, 9.17) is 16.7 Å². The molecule has 1 aliphatic rings. The summed E-state index contributed by atoms with van der Waals surface area (Å²) in [6, 6.07) is 0.